The summed E-state index contributed by atoms with van der Waals surface area (Å²) in [6.07, 6.45) is 0. The van der Waals surface area contributed by atoms with E-state index >= 15 is 0 Å². The number of carbonyl (C=O) groups is 2. The maximum atomic E-state index is 13.2. The number of benzene rings is 3. The molecule has 0 spiro atoms. The zero-order valence-electron chi connectivity index (χ0n) is 16.2. The van der Waals surface area contributed by atoms with Gasteiger partial charge in [0.2, 0.25) is 0 Å². The van der Waals surface area contributed by atoms with E-state index in [1.165, 1.54) is 12.1 Å². The van der Waals surface area contributed by atoms with E-state index in [0.29, 0.717) is 5.69 Å². The topological polar surface area (TPSA) is 129 Å². The smallest absolute Gasteiger partial charge is 0.744 e. The SMILES string of the molecule is Cc1ccccc1Nc1cc(S(=O)(=O)[O-])c(N)c2c1C(=O)c1ccccc1C2=O.[Na+]. The Hall–Kier alpha value is -2.49. The van der Waals surface area contributed by atoms with Gasteiger partial charge in [-0.3, -0.25) is 9.59 Å². The Morgan fingerprint density at radius 3 is 1.97 bits per heavy atom. The third kappa shape index (κ3) is 3.57. The number of fused-ring (bicyclic) bond motifs is 2. The summed E-state index contributed by atoms with van der Waals surface area (Å²) in [5.74, 6) is -1.08. The zero-order valence-corrected chi connectivity index (χ0v) is 19.0. The van der Waals surface area contributed by atoms with E-state index in [4.69, 9.17) is 5.73 Å². The second kappa shape index (κ2) is 7.98. The van der Waals surface area contributed by atoms with E-state index in [2.05, 4.69) is 5.32 Å². The first-order chi connectivity index (χ1) is 13.7. The second-order valence-electron chi connectivity index (χ2n) is 6.68. The van der Waals surface area contributed by atoms with Crippen LogP contribution in [0.2, 0.25) is 0 Å². The van der Waals surface area contributed by atoms with Gasteiger partial charge in [-0.25, -0.2) is 8.42 Å². The fraction of sp³-hybridized carbons (Fsp3) is 0.0476. The molecule has 0 fully saturated rings. The van der Waals surface area contributed by atoms with Gasteiger partial charge in [0, 0.05) is 16.8 Å². The first-order valence-corrected chi connectivity index (χ1v) is 10.0. The summed E-state index contributed by atoms with van der Waals surface area (Å²) in [7, 11) is -4.99. The van der Waals surface area contributed by atoms with Crippen molar-refractivity contribution in [2.75, 3.05) is 11.1 Å². The van der Waals surface area contributed by atoms with Crippen molar-refractivity contribution in [3.05, 3.63) is 82.4 Å². The van der Waals surface area contributed by atoms with Gasteiger partial charge < -0.3 is 15.6 Å². The van der Waals surface area contributed by atoms with E-state index in [1.807, 2.05) is 19.1 Å². The number of aryl methyl sites for hydroxylation is 1. The number of ketones is 2. The Morgan fingerprint density at radius 1 is 0.867 bits per heavy atom. The van der Waals surface area contributed by atoms with Crippen molar-refractivity contribution >= 4 is 38.7 Å². The van der Waals surface area contributed by atoms with Crippen LogP contribution >= 0.6 is 0 Å². The van der Waals surface area contributed by atoms with Crippen molar-refractivity contribution in [3.63, 3.8) is 0 Å². The molecule has 0 bridgehead atoms. The van der Waals surface area contributed by atoms with Gasteiger partial charge >= 0.3 is 29.6 Å². The number of para-hydroxylation sites is 1. The number of hydrogen-bond acceptors (Lipinski definition) is 7. The van der Waals surface area contributed by atoms with E-state index in [9.17, 15) is 22.6 Å². The number of hydrogen-bond donors (Lipinski definition) is 2. The molecule has 1 aliphatic rings. The molecule has 3 N–H and O–H groups in total. The average Bonchev–Trinajstić information content (AvgIpc) is 2.68. The second-order valence-corrected chi connectivity index (χ2v) is 8.03. The molecule has 7 nitrogen and oxygen atoms in total. The van der Waals surface area contributed by atoms with Crippen LogP contribution < -0.4 is 40.6 Å². The molecule has 146 valence electrons. The molecule has 9 heteroatoms. The average molecular weight is 430 g/mol. The standard InChI is InChI=1S/C21H16N2O5S.Na/c1-11-6-2-5-9-14(11)23-15-10-16(29(26,27)28)19(22)18-17(15)20(24)12-7-3-4-8-13(12)21(18)25;/h2-10,23H,22H2,1H3,(H,26,27,28);/q;+1/p-1. The van der Waals surface area contributed by atoms with Crippen molar-refractivity contribution in [1.82, 2.24) is 0 Å². The molecular formula is C21H15N2NaO5S. The fourth-order valence-corrected chi connectivity index (χ4v) is 4.09. The van der Waals surface area contributed by atoms with Gasteiger partial charge in [0.1, 0.15) is 10.1 Å². The summed E-state index contributed by atoms with van der Waals surface area (Å²) in [5, 5.41) is 2.99. The minimum Gasteiger partial charge on any atom is -0.744 e. The predicted molar refractivity (Wildman–Crippen MR) is 107 cm³/mol. The van der Waals surface area contributed by atoms with Crippen molar-refractivity contribution in [1.29, 1.82) is 0 Å². The van der Waals surface area contributed by atoms with Crippen LogP contribution in [0.15, 0.2) is 59.5 Å². The molecule has 0 aliphatic heterocycles. The summed E-state index contributed by atoms with van der Waals surface area (Å²) in [5.41, 5.74) is 6.81. The summed E-state index contributed by atoms with van der Waals surface area (Å²) in [6, 6.07) is 14.3. The molecule has 4 rings (SSSR count). The van der Waals surface area contributed by atoms with Crippen LogP contribution in [0.3, 0.4) is 0 Å². The van der Waals surface area contributed by atoms with Gasteiger partial charge in [-0.2, -0.15) is 0 Å². The van der Waals surface area contributed by atoms with Gasteiger partial charge in [-0.05, 0) is 24.6 Å². The first-order valence-electron chi connectivity index (χ1n) is 8.63. The zero-order chi connectivity index (χ0) is 20.9. The normalized spacial score (nSPS) is 12.6. The summed E-state index contributed by atoms with van der Waals surface area (Å²) in [6.45, 7) is 1.82. The number of nitrogens with two attached hydrogens (primary N) is 1. The molecule has 0 atom stereocenters. The molecule has 0 amide bonds. The van der Waals surface area contributed by atoms with Crippen LogP contribution in [-0.2, 0) is 10.1 Å². The van der Waals surface area contributed by atoms with Crippen molar-refractivity contribution in [2.45, 2.75) is 11.8 Å². The number of nitrogen functional groups attached to an aromatic ring is 1. The van der Waals surface area contributed by atoms with Gasteiger partial charge in [-0.15, -0.1) is 0 Å². The van der Waals surface area contributed by atoms with Gasteiger partial charge in [0.15, 0.2) is 11.6 Å². The summed E-state index contributed by atoms with van der Waals surface area (Å²) in [4.78, 5) is 25.5. The maximum absolute atomic E-state index is 13.2. The molecule has 1 aliphatic carbocycles. The molecule has 0 saturated heterocycles. The van der Waals surface area contributed by atoms with Crippen LogP contribution in [0.4, 0.5) is 17.1 Å². The van der Waals surface area contributed by atoms with Crippen molar-refractivity contribution in [2.24, 2.45) is 0 Å². The summed E-state index contributed by atoms with van der Waals surface area (Å²) < 4.78 is 35.4. The van der Waals surface area contributed by atoms with Crippen molar-refractivity contribution < 1.29 is 52.1 Å². The number of carbonyl (C=O) groups excluding carboxylic acids is 2. The first kappa shape index (κ1) is 22.2. The van der Waals surface area contributed by atoms with E-state index in [0.717, 1.165) is 11.6 Å². The number of anilines is 3. The van der Waals surface area contributed by atoms with Crippen LogP contribution in [0.5, 0.6) is 0 Å². The molecule has 3 aromatic rings. The molecule has 0 saturated carbocycles. The largest absolute Gasteiger partial charge is 1.00 e. The third-order valence-corrected chi connectivity index (χ3v) is 5.76. The molecule has 0 unspecified atom stereocenters. The number of nitrogens with one attached hydrogen (secondary N) is 1. The van der Waals surface area contributed by atoms with Crippen LogP contribution in [0.25, 0.3) is 0 Å². The molecule has 0 heterocycles. The van der Waals surface area contributed by atoms with Gasteiger partial charge in [-0.1, -0.05) is 42.5 Å². The maximum Gasteiger partial charge on any atom is 1.00 e. The summed E-state index contributed by atoms with van der Waals surface area (Å²) >= 11 is 0. The van der Waals surface area contributed by atoms with Crippen molar-refractivity contribution in [3.8, 4) is 0 Å². The van der Waals surface area contributed by atoms with Gasteiger partial charge in [0.25, 0.3) is 0 Å². The Bertz CT molecular complexity index is 1320. The molecular weight excluding hydrogens is 415 g/mol. The molecule has 3 aromatic carbocycles. The monoisotopic (exact) mass is 430 g/mol. The van der Waals surface area contributed by atoms with Crippen LogP contribution in [0.1, 0.15) is 37.4 Å². The minimum absolute atomic E-state index is 0. The van der Waals surface area contributed by atoms with Gasteiger partial charge in [0.05, 0.1) is 27.4 Å². The minimum atomic E-state index is -4.99. The van der Waals surface area contributed by atoms with E-state index in [1.54, 1.807) is 24.3 Å². The van der Waals surface area contributed by atoms with E-state index in [-0.39, 0.29) is 57.5 Å². The molecule has 0 radical (unpaired) electrons. The Morgan fingerprint density at radius 2 is 1.40 bits per heavy atom. The molecule has 30 heavy (non-hydrogen) atoms. The Balaban J connectivity index is 0.00000256. The van der Waals surface area contributed by atoms with Crippen LogP contribution in [0, 0.1) is 6.92 Å². The number of rotatable bonds is 3. The molecule has 0 aromatic heterocycles. The quantitative estimate of drug-likeness (QED) is 0.266. The van der Waals surface area contributed by atoms with Crippen LogP contribution in [-0.4, -0.2) is 24.5 Å². The fourth-order valence-electron chi connectivity index (χ4n) is 3.46. The Kier molecular flexibility index (Phi) is 5.90. The third-order valence-electron chi connectivity index (χ3n) is 4.88. The van der Waals surface area contributed by atoms with E-state index < -0.39 is 32.3 Å². The Labute approximate surface area is 195 Å². The predicted octanol–water partition coefficient (Wildman–Crippen LogP) is 0.00432.